The van der Waals surface area contributed by atoms with Crippen molar-refractivity contribution in [3.05, 3.63) is 59.8 Å². The maximum absolute atomic E-state index is 13.1. The summed E-state index contributed by atoms with van der Waals surface area (Å²) in [4.78, 5) is 23.1. The molecule has 1 unspecified atom stereocenters. The van der Waals surface area contributed by atoms with Crippen molar-refractivity contribution in [3.8, 4) is 17.3 Å². The van der Waals surface area contributed by atoms with Crippen LogP contribution in [0.3, 0.4) is 0 Å². The van der Waals surface area contributed by atoms with E-state index < -0.39 is 0 Å². The summed E-state index contributed by atoms with van der Waals surface area (Å²) in [6.07, 6.45) is 5.91. The van der Waals surface area contributed by atoms with Crippen LogP contribution in [-0.4, -0.2) is 50.2 Å². The molecule has 7 nitrogen and oxygen atoms in total. The second-order valence-corrected chi connectivity index (χ2v) is 7.03. The van der Waals surface area contributed by atoms with Gasteiger partial charge in [0, 0.05) is 24.5 Å². The lowest BCUT2D eigenvalue weighted by atomic mass is 10.1. The van der Waals surface area contributed by atoms with Crippen LogP contribution in [0.15, 0.2) is 42.7 Å². The van der Waals surface area contributed by atoms with E-state index in [0.29, 0.717) is 30.5 Å². The van der Waals surface area contributed by atoms with Gasteiger partial charge < -0.3 is 9.64 Å². The van der Waals surface area contributed by atoms with Crippen molar-refractivity contribution in [1.82, 2.24) is 25.1 Å². The number of aryl methyl sites for hydroxylation is 1. The molecule has 1 fully saturated rings. The molecule has 3 heterocycles. The number of nitrogens with one attached hydrogen (secondary N) is 1. The molecule has 1 aromatic carbocycles. The predicted molar refractivity (Wildman–Crippen MR) is 105 cm³/mol. The van der Waals surface area contributed by atoms with Gasteiger partial charge in [0.1, 0.15) is 17.6 Å². The van der Waals surface area contributed by atoms with Crippen LogP contribution in [0.5, 0.6) is 6.01 Å². The summed E-state index contributed by atoms with van der Waals surface area (Å²) in [6.45, 7) is 3.16. The number of carbonyl (C=O) groups is 1. The van der Waals surface area contributed by atoms with Crippen LogP contribution in [0.1, 0.15) is 35.8 Å². The Kier molecular flexibility index (Phi) is 5.50. The molecular formula is C21H22FN5O2. The number of hydrogen-bond donors (Lipinski definition) is 1. The minimum absolute atomic E-state index is 0.138. The number of nitrogens with zero attached hydrogens (tertiary/aromatic N) is 4. The lowest BCUT2D eigenvalue weighted by molar-refractivity contribution is 0.0510. The maximum Gasteiger partial charge on any atom is 0.316 e. The molecule has 0 saturated carbocycles. The zero-order chi connectivity index (χ0) is 20.2. The van der Waals surface area contributed by atoms with E-state index in [1.807, 2.05) is 6.92 Å². The van der Waals surface area contributed by atoms with Crippen molar-refractivity contribution < 1.29 is 13.9 Å². The third kappa shape index (κ3) is 4.42. The van der Waals surface area contributed by atoms with Gasteiger partial charge in [-0.1, -0.05) is 6.92 Å². The van der Waals surface area contributed by atoms with Gasteiger partial charge in [-0.15, -0.1) is 0 Å². The van der Waals surface area contributed by atoms with Crippen molar-refractivity contribution >= 4 is 5.91 Å². The van der Waals surface area contributed by atoms with Crippen molar-refractivity contribution in [1.29, 1.82) is 0 Å². The Morgan fingerprint density at radius 1 is 1.28 bits per heavy atom. The van der Waals surface area contributed by atoms with E-state index in [1.165, 1.54) is 12.1 Å². The Bertz CT molecular complexity index is 971. The Balaban J connectivity index is 1.41. The van der Waals surface area contributed by atoms with E-state index in [1.54, 1.807) is 35.5 Å². The molecule has 2 aromatic heterocycles. The lowest BCUT2D eigenvalue weighted by Crippen LogP contribution is -2.44. The zero-order valence-corrected chi connectivity index (χ0v) is 16.1. The van der Waals surface area contributed by atoms with Crippen LogP contribution in [0.2, 0.25) is 0 Å². The van der Waals surface area contributed by atoms with Crippen LogP contribution < -0.4 is 4.74 Å². The van der Waals surface area contributed by atoms with Gasteiger partial charge in [0.25, 0.3) is 5.91 Å². The van der Waals surface area contributed by atoms with Gasteiger partial charge >= 0.3 is 6.01 Å². The number of carbonyl (C=O) groups excluding carboxylic acids is 1. The molecule has 3 aromatic rings. The number of piperidine rings is 1. The summed E-state index contributed by atoms with van der Waals surface area (Å²) in [7, 11) is 0. The number of ether oxygens (including phenoxy) is 1. The van der Waals surface area contributed by atoms with E-state index in [2.05, 4.69) is 20.2 Å². The third-order valence-corrected chi connectivity index (χ3v) is 4.98. The number of aromatic nitrogens is 4. The number of halogens is 1. The minimum Gasteiger partial charge on any atom is -0.458 e. The second-order valence-electron chi connectivity index (χ2n) is 7.03. The summed E-state index contributed by atoms with van der Waals surface area (Å²) < 4.78 is 19.0. The molecule has 1 N–H and O–H groups in total. The molecule has 0 radical (unpaired) electrons. The molecule has 0 bridgehead atoms. The van der Waals surface area contributed by atoms with E-state index in [0.717, 1.165) is 30.4 Å². The largest absolute Gasteiger partial charge is 0.458 e. The molecule has 1 atom stereocenters. The normalized spacial score (nSPS) is 16.6. The smallest absolute Gasteiger partial charge is 0.316 e. The van der Waals surface area contributed by atoms with Gasteiger partial charge in [-0.3, -0.25) is 9.89 Å². The molecule has 8 heteroatoms. The molecule has 4 rings (SSSR count). The number of amides is 1. The van der Waals surface area contributed by atoms with Gasteiger partial charge in [-0.2, -0.15) is 5.10 Å². The fraction of sp³-hybridized carbons (Fsp3) is 0.333. The zero-order valence-electron chi connectivity index (χ0n) is 16.1. The molecule has 150 valence electrons. The van der Waals surface area contributed by atoms with Crippen LogP contribution in [0.25, 0.3) is 11.3 Å². The maximum atomic E-state index is 13.1. The highest BCUT2D eigenvalue weighted by atomic mass is 19.1. The molecular weight excluding hydrogens is 373 g/mol. The Hall–Kier alpha value is -3.29. The average Bonchev–Trinajstić information content (AvgIpc) is 3.25. The SMILES string of the molecule is CCc1cnc(OC2CCCN(C(=O)c3cc(-c4ccc(F)cc4)n[nH]3)C2)nc1. The fourth-order valence-corrected chi connectivity index (χ4v) is 3.32. The van der Waals surface area contributed by atoms with Gasteiger partial charge in [-0.25, -0.2) is 14.4 Å². The molecule has 1 saturated heterocycles. The van der Waals surface area contributed by atoms with Gasteiger partial charge in [-0.05, 0) is 55.2 Å². The number of hydrogen-bond acceptors (Lipinski definition) is 5. The number of rotatable bonds is 5. The summed E-state index contributed by atoms with van der Waals surface area (Å²) >= 11 is 0. The van der Waals surface area contributed by atoms with Gasteiger partial charge in [0.15, 0.2) is 0 Å². The van der Waals surface area contributed by atoms with E-state index >= 15 is 0 Å². The first-order valence-electron chi connectivity index (χ1n) is 9.70. The van der Waals surface area contributed by atoms with Crippen LogP contribution >= 0.6 is 0 Å². The second kappa shape index (κ2) is 8.38. The van der Waals surface area contributed by atoms with E-state index in [4.69, 9.17) is 4.74 Å². The summed E-state index contributed by atoms with van der Waals surface area (Å²) in [6, 6.07) is 8.03. The summed E-state index contributed by atoms with van der Waals surface area (Å²) in [5.74, 6) is -0.449. The molecule has 1 aliphatic heterocycles. The quantitative estimate of drug-likeness (QED) is 0.717. The highest BCUT2D eigenvalue weighted by molar-refractivity contribution is 5.93. The number of benzene rings is 1. The molecule has 0 spiro atoms. The average molecular weight is 395 g/mol. The van der Waals surface area contributed by atoms with Gasteiger partial charge in [0.2, 0.25) is 0 Å². The monoisotopic (exact) mass is 395 g/mol. The number of aromatic amines is 1. The Morgan fingerprint density at radius 2 is 2.03 bits per heavy atom. The van der Waals surface area contributed by atoms with Gasteiger partial charge in [0.05, 0.1) is 12.2 Å². The molecule has 1 aliphatic rings. The first kappa shape index (κ1) is 19.0. The van der Waals surface area contributed by atoms with Crippen molar-refractivity contribution in [2.75, 3.05) is 13.1 Å². The molecule has 1 amide bonds. The van der Waals surface area contributed by atoms with Crippen LogP contribution in [0.4, 0.5) is 4.39 Å². The summed E-state index contributed by atoms with van der Waals surface area (Å²) in [5, 5.41) is 6.98. The third-order valence-electron chi connectivity index (χ3n) is 4.98. The highest BCUT2D eigenvalue weighted by Crippen LogP contribution is 2.21. The lowest BCUT2D eigenvalue weighted by Gasteiger charge is -2.32. The van der Waals surface area contributed by atoms with E-state index in [9.17, 15) is 9.18 Å². The van der Waals surface area contributed by atoms with Crippen molar-refractivity contribution in [2.45, 2.75) is 32.3 Å². The first-order chi connectivity index (χ1) is 14.1. The Labute approximate surface area is 167 Å². The molecule has 0 aliphatic carbocycles. The summed E-state index contributed by atoms with van der Waals surface area (Å²) in [5.41, 5.74) is 2.79. The Morgan fingerprint density at radius 3 is 2.76 bits per heavy atom. The van der Waals surface area contributed by atoms with Crippen LogP contribution in [0, 0.1) is 5.82 Å². The topological polar surface area (TPSA) is 84.0 Å². The first-order valence-corrected chi connectivity index (χ1v) is 9.70. The van der Waals surface area contributed by atoms with Crippen LogP contribution in [-0.2, 0) is 6.42 Å². The molecule has 29 heavy (non-hydrogen) atoms. The van der Waals surface area contributed by atoms with Crippen molar-refractivity contribution in [2.24, 2.45) is 0 Å². The number of likely N-dealkylation sites (tertiary alicyclic amines) is 1. The van der Waals surface area contributed by atoms with Crippen molar-refractivity contribution in [3.63, 3.8) is 0 Å². The fourth-order valence-electron chi connectivity index (χ4n) is 3.32. The number of H-pyrrole nitrogens is 1. The minimum atomic E-state index is -0.312. The standard InChI is InChI=1S/C21H22FN5O2/c1-2-14-11-23-21(24-12-14)29-17-4-3-9-27(13-17)20(28)19-10-18(25-26-19)15-5-7-16(22)8-6-15/h5-8,10-12,17H,2-4,9,13H2,1H3,(H,25,26). The van der Waals surface area contributed by atoms with E-state index in [-0.39, 0.29) is 17.8 Å². The predicted octanol–water partition coefficient (Wildman–Crippen LogP) is 3.25. The highest BCUT2D eigenvalue weighted by Gasteiger charge is 2.27.